The number of phenols is 1. The number of rotatable bonds is 2. The smallest absolute Gasteiger partial charge is 0.204 e. The van der Waals surface area contributed by atoms with Crippen LogP contribution in [-0.4, -0.2) is 5.11 Å². The van der Waals surface area contributed by atoms with Gasteiger partial charge < -0.3 is 13.9 Å². The molecule has 0 saturated carbocycles. The zero-order valence-corrected chi connectivity index (χ0v) is 19.3. The van der Waals surface area contributed by atoms with E-state index in [2.05, 4.69) is 0 Å². The van der Waals surface area contributed by atoms with Crippen LogP contribution in [0.2, 0.25) is 20.1 Å². The molecule has 164 valence electrons. The topological polar surface area (TPSA) is 80.7 Å². The van der Waals surface area contributed by atoms with Crippen LogP contribution in [-0.2, 0) is 0 Å². The molecule has 33 heavy (non-hydrogen) atoms. The monoisotopic (exact) mass is 518 g/mol. The second-order valence-corrected chi connectivity index (χ2v) is 8.82. The molecule has 3 aromatic carbocycles. The van der Waals surface area contributed by atoms with E-state index in [0.29, 0.717) is 21.2 Å². The molecule has 9 heteroatoms. The minimum atomic E-state index is -0.548. The molecule has 0 bridgehead atoms. The summed E-state index contributed by atoms with van der Waals surface area (Å²) in [7, 11) is 0. The lowest BCUT2D eigenvalue weighted by atomic mass is 10.0. The molecule has 5 rings (SSSR count). The summed E-state index contributed by atoms with van der Waals surface area (Å²) in [5.41, 5.74) is 0.171. The number of benzene rings is 3. The van der Waals surface area contributed by atoms with Crippen molar-refractivity contribution in [3.63, 3.8) is 0 Å². The fourth-order valence-corrected chi connectivity index (χ4v) is 4.21. The fourth-order valence-electron chi connectivity index (χ4n) is 3.61. The molecule has 0 fully saturated rings. The van der Waals surface area contributed by atoms with Crippen molar-refractivity contribution in [1.82, 2.24) is 0 Å². The summed E-state index contributed by atoms with van der Waals surface area (Å²) >= 11 is 24.1. The quantitative estimate of drug-likeness (QED) is 0.243. The Morgan fingerprint density at radius 3 is 1.70 bits per heavy atom. The van der Waals surface area contributed by atoms with Gasteiger partial charge in [-0.15, -0.1) is 0 Å². The van der Waals surface area contributed by atoms with Crippen LogP contribution in [0.25, 0.3) is 44.2 Å². The van der Waals surface area contributed by atoms with Gasteiger partial charge >= 0.3 is 0 Å². The largest absolute Gasteiger partial charge is 0.507 e. The number of halogens is 4. The summed E-state index contributed by atoms with van der Waals surface area (Å²) in [5, 5.41) is 11.6. The Kier molecular flexibility index (Phi) is 5.38. The van der Waals surface area contributed by atoms with Crippen LogP contribution in [0.4, 0.5) is 0 Å². The minimum absolute atomic E-state index is 0.00385. The maximum absolute atomic E-state index is 13.4. The molecule has 0 amide bonds. The van der Waals surface area contributed by atoms with E-state index >= 15 is 0 Å². The van der Waals surface area contributed by atoms with Crippen molar-refractivity contribution in [2.24, 2.45) is 0 Å². The molecule has 0 atom stereocenters. The van der Waals surface area contributed by atoms with E-state index in [0.717, 1.165) is 0 Å². The molecule has 0 aliphatic rings. The minimum Gasteiger partial charge on any atom is -0.507 e. The van der Waals surface area contributed by atoms with E-state index in [1.807, 2.05) is 0 Å². The van der Waals surface area contributed by atoms with Crippen LogP contribution in [0.3, 0.4) is 0 Å². The van der Waals surface area contributed by atoms with Crippen LogP contribution in [0.5, 0.6) is 5.75 Å². The Morgan fingerprint density at radius 2 is 1.15 bits per heavy atom. The zero-order valence-electron chi connectivity index (χ0n) is 16.3. The first kappa shape index (κ1) is 21.9. The molecule has 0 saturated heterocycles. The molecular formula is C24H10Cl4O5. The Bertz CT molecular complexity index is 1720. The molecule has 0 aliphatic heterocycles. The summed E-state index contributed by atoms with van der Waals surface area (Å²) in [6.45, 7) is 0. The van der Waals surface area contributed by atoms with Crippen LogP contribution in [0.1, 0.15) is 0 Å². The van der Waals surface area contributed by atoms with E-state index in [9.17, 15) is 14.7 Å². The third-order valence-electron chi connectivity index (χ3n) is 5.23. The first-order valence-electron chi connectivity index (χ1n) is 9.40. The lowest BCUT2D eigenvalue weighted by molar-refractivity contribution is 0.478. The first-order chi connectivity index (χ1) is 15.8. The lowest BCUT2D eigenvalue weighted by Crippen LogP contribution is -2.09. The molecule has 5 nitrogen and oxygen atoms in total. The predicted molar refractivity (Wildman–Crippen MR) is 131 cm³/mol. The van der Waals surface area contributed by atoms with Crippen molar-refractivity contribution in [3.05, 3.63) is 95.5 Å². The summed E-state index contributed by atoms with van der Waals surface area (Å²) in [6.07, 6.45) is 2.45. The zero-order chi connectivity index (χ0) is 23.4. The van der Waals surface area contributed by atoms with Gasteiger partial charge in [-0.3, -0.25) is 9.59 Å². The van der Waals surface area contributed by atoms with Gasteiger partial charge in [-0.05, 0) is 35.4 Å². The van der Waals surface area contributed by atoms with E-state index in [1.165, 1.54) is 30.7 Å². The highest BCUT2D eigenvalue weighted by Crippen LogP contribution is 2.34. The average Bonchev–Trinajstić information content (AvgIpc) is 2.78. The Morgan fingerprint density at radius 1 is 0.636 bits per heavy atom. The normalized spacial score (nSPS) is 11.4. The maximum atomic E-state index is 13.4. The van der Waals surface area contributed by atoms with E-state index in [1.54, 1.807) is 24.3 Å². The average molecular weight is 520 g/mol. The highest BCUT2D eigenvalue weighted by molar-refractivity contribution is 6.42. The molecule has 2 aromatic heterocycles. The van der Waals surface area contributed by atoms with Gasteiger partial charge in [-0.2, -0.15) is 0 Å². The molecule has 0 spiro atoms. The van der Waals surface area contributed by atoms with E-state index in [-0.39, 0.29) is 43.1 Å². The summed E-state index contributed by atoms with van der Waals surface area (Å²) < 4.78 is 11.3. The number of phenolic OH excluding ortho intramolecular Hbond substituents is 1. The van der Waals surface area contributed by atoms with Crippen molar-refractivity contribution in [3.8, 4) is 28.0 Å². The Hall–Kier alpha value is -2.96. The summed E-state index contributed by atoms with van der Waals surface area (Å²) in [6, 6.07) is 10.6. The van der Waals surface area contributed by atoms with Gasteiger partial charge in [0, 0.05) is 6.07 Å². The third-order valence-corrected chi connectivity index (χ3v) is 6.71. The Balaban J connectivity index is 1.82. The molecule has 0 unspecified atom stereocenters. The van der Waals surface area contributed by atoms with E-state index in [4.69, 9.17) is 55.2 Å². The predicted octanol–water partition coefficient (Wildman–Crippen LogP) is 7.55. The molecule has 0 aliphatic carbocycles. The van der Waals surface area contributed by atoms with Crippen LogP contribution >= 0.6 is 46.4 Å². The number of aromatic hydroxyl groups is 1. The van der Waals surface area contributed by atoms with E-state index < -0.39 is 16.6 Å². The third kappa shape index (κ3) is 3.58. The van der Waals surface area contributed by atoms with Gasteiger partial charge in [-0.1, -0.05) is 58.5 Å². The molecular weight excluding hydrogens is 510 g/mol. The van der Waals surface area contributed by atoms with Gasteiger partial charge in [-0.25, -0.2) is 0 Å². The van der Waals surface area contributed by atoms with Crippen LogP contribution < -0.4 is 10.9 Å². The van der Waals surface area contributed by atoms with Crippen molar-refractivity contribution in [1.29, 1.82) is 0 Å². The second-order valence-electron chi connectivity index (χ2n) is 7.19. The molecule has 1 N–H and O–H groups in total. The molecule has 5 aromatic rings. The summed E-state index contributed by atoms with van der Waals surface area (Å²) in [5.74, 6) is -0.390. The van der Waals surface area contributed by atoms with Gasteiger partial charge in [0.2, 0.25) is 10.9 Å². The standard InChI is InChI=1S/C24H10Cl4O5/c25-14-3-1-10(5-16(14)27)12-8-32-19-7-18(29)20-22(30)13(9-33-24(20)21(19)23(12)31)11-2-4-15(26)17(28)6-11/h1-9,29H. The maximum Gasteiger partial charge on any atom is 0.204 e. The number of hydrogen-bond acceptors (Lipinski definition) is 5. The molecule has 0 radical (unpaired) electrons. The van der Waals surface area contributed by atoms with Gasteiger partial charge in [0.1, 0.15) is 34.6 Å². The summed E-state index contributed by atoms with van der Waals surface area (Å²) in [4.78, 5) is 26.7. The van der Waals surface area contributed by atoms with Crippen LogP contribution in [0, 0.1) is 0 Å². The van der Waals surface area contributed by atoms with Gasteiger partial charge in [0.25, 0.3) is 0 Å². The van der Waals surface area contributed by atoms with Crippen molar-refractivity contribution >= 4 is 68.3 Å². The SMILES string of the molecule is O=c1c(-c2ccc(Cl)c(Cl)c2)coc2c1c(O)cc1occ(-c3ccc(Cl)c(Cl)c3)c(=O)c12. The Labute approximate surface area is 205 Å². The number of fused-ring (bicyclic) bond motifs is 3. The van der Waals surface area contributed by atoms with Crippen molar-refractivity contribution < 1.29 is 13.9 Å². The highest BCUT2D eigenvalue weighted by atomic mass is 35.5. The fraction of sp³-hybridized carbons (Fsp3) is 0. The highest BCUT2D eigenvalue weighted by Gasteiger charge is 2.21. The van der Waals surface area contributed by atoms with Crippen molar-refractivity contribution in [2.75, 3.05) is 0 Å². The second kappa shape index (κ2) is 8.12. The molecule has 2 heterocycles. The number of hydrogen-bond donors (Lipinski definition) is 1. The first-order valence-corrected chi connectivity index (χ1v) is 10.9. The van der Waals surface area contributed by atoms with Gasteiger partial charge in [0.05, 0.1) is 31.2 Å². The van der Waals surface area contributed by atoms with Crippen molar-refractivity contribution in [2.45, 2.75) is 0 Å². The van der Waals surface area contributed by atoms with Gasteiger partial charge in [0.15, 0.2) is 5.58 Å². The van der Waals surface area contributed by atoms with Crippen LogP contribution in [0.15, 0.2) is 73.4 Å². The lowest BCUT2D eigenvalue weighted by Gasteiger charge is -2.09.